The number of nitrogens with one attached hydrogen (secondary N) is 1. The minimum absolute atomic E-state index is 0.0702. The molecule has 10 nitrogen and oxygen atoms in total. The zero-order valence-electron chi connectivity index (χ0n) is 15.4. The number of anilines is 1. The van der Waals surface area contributed by atoms with Gasteiger partial charge in [-0.3, -0.25) is 14.9 Å². The number of hydrogen-bond acceptors (Lipinski definition) is 7. The molecule has 1 aromatic heterocycles. The number of rotatable bonds is 7. The van der Waals surface area contributed by atoms with Crippen LogP contribution in [0, 0.1) is 17.0 Å². The normalized spacial score (nSPS) is 10.4. The molecule has 0 unspecified atom stereocenters. The van der Waals surface area contributed by atoms with Crippen LogP contribution in [0.15, 0.2) is 55.1 Å². The van der Waals surface area contributed by atoms with Crippen molar-refractivity contribution >= 4 is 23.3 Å². The monoisotopic (exact) mass is 395 g/mol. The third-order valence-electron chi connectivity index (χ3n) is 4.03. The Labute approximate surface area is 165 Å². The van der Waals surface area contributed by atoms with Gasteiger partial charge in [-0.25, -0.2) is 14.5 Å². The fraction of sp³-hybridized carbons (Fsp3) is 0.158. The molecule has 2 aromatic carbocycles. The Morgan fingerprint density at radius 3 is 2.59 bits per heavy atom. The van der Waals surface area contributed by atoms with Crippen LogP contribution in [-0.2, 0) is 16.1 Å². The number of carbonyl (C=O) groups excluding carboxylic acids is 2. The highest BCUT2D eigenvalue weighted by Gasteiger charge is 2.13. The molecular weight excluding hydrogens is 378 g/mol. The fourth-order valence-corrected chi connectivity index (χ4v) is 2.55. The molecule has 0 aliphatic heterocycles. The molecule has 0 fully saturated rings. The molecule has 29 heavy (non-hydrogen) atoms. The number of benzene rings is 2. The molecular formula is C19H17N5O5. The van der Waals surface area contributed by atoms with E-state index in [4.69, 9.17) is 4.74 Å². The van der Waals surface area contributed by atoms with Crippen molar-refractivity contribution in [2.24, 2.45) is 0 Å². The maximum atomic E-state index is 12.1. The van der Waals surface area contributed by atoms with Gasteiger partial charge in [0.05, 0.1) is 17.0 Å². The molecule has 10 heteroatoms. The quantitative estimate of drug-likeness (QED) is 0.369. The van der Waals surface area contributed by atoms with Gasteiger partial charge < -0.3 is 10.1 Å². The standard InChI is InChI=1S/C19H17N5O5/c1-13-8-16(24(27)28)6-7-17(13)22-18(25)10-29-19(26)15-4-2-14(3-5-15)9-23-12-20-11-21-23/h2-8,11-12H,9-10H2,1H3,(H,22,25). The van der Waals surface area contributed by atoms with Crippen molar-refractivity contribution in [3.8, 4) is 0 Å². The number of aryl methyl sites for hydroxylation is 1. The first kappa shape index (κ1) is 19.7. The second-order valence-electron chi connectivity index (χ2n) is 6.17. The van der Waals surface area contributed by atoms with Gasteiger partial charge in [-0.1, -0.05) is 12.1 Å². The summed E-state index contributed by atoms with van der Waals surface area (Å²) >= 11 is 0. The second kappa shape index (κ2) is 8.74. The van der Waals surface area contributed by atoms with Gasteiger partial charge in [0, 0.05) is 17.8 Å². The Hall–Kier alpha value is -4.08. The third-order valence-corrected chi connectivity index (χ3v) is 4.03. The number of nitrogens with zero attached hydrogens (tertiary/aromatic N) is 4. The van der Waals surface area contributed by atoms with Crippen LogP contribution >= 0.6 is 0 Å². The molecule has 3 rings (SSSR count). The second-order valence-corrected chi connectivity index (χ2v) is 6.17. The molecule has 0 aliphatic rings. The summed E-state index contributed by atoms with van der Waals surface area (Å²) in [7, 11) is 0. The highest BCUT2D eigenvalue weighted by Crippen LogP contribution is 2.21. The van der Waals surface area contributed by atoms with E-state index in [1.54, 1.807) is 42.2 Å². The number of esters is 1. The number of hydrogen-bond donors (Lipinski definition) is 1. The van der Waals surface area contributed by atoms with Crippen molar-refractivity contribution < 1.29 is 19.2 Å². The molecule has 0 atom stereocenters. The molecule has 148 valence electrons. The average molecular weight is 395 g/mol. The lowest BCUT2D eigenvalue weighted by Gasteiger charge is -2.09. The van der Waals surface area contributed by atoms with Crippen LogP contribution in [0.4, 0.5) is 11.4 Å². The third kappa shape index (κ3) is 5.22. The summed E-state index contributed by atoms with van der Waals surface area (Å²) in [5.41, 5.74) is 2.11. The first-order valence-electron chi connectivity index (χ1n) is 8.56. The molecule has 0 spiro atoms. The van der Waals surface area contributed by atoms with Crippen molar-refractivity contribution in [2.45, 2.75) is 13.5 Å². The molecule has 0 saturated carbocycles. The summed E-state index contributed by atoms with van der Waals surface area (Å²) in [6.45, 7) is 1.68. The number of non-ortho nitro benzene ring substituents is 1. The van der Waals surface area contributed by atoms with Crippen molar-refractivity contribution in [1.82, 2.24) is 14.8 Å². The van der Waals surface area contributed by atoms with E-state index in [0.717, 1.165) is 5.56 Å². The molecule has 0 saturated heterocycles. The van der Waals surface area contributed by atoms with E-state index in [1.165, 1.54) is 24.5 Å². The van der Waals surface area contributed by atoms with Crippen LogP contribution in [0.3, 0.4) is 0 Å². The molecule has 0 aliphatic carbocycles. The highest BCUT2D eigenvalue weighted by molar-refractivity contribution is 5.96. The van der Waals surface area contributed by atoms with Gasteiger partial charge in [-0.15, -0.1) is 0 Å². The first-order chi connectivity index (χ1) is 13.9. The number of carbonyl (C=O) groups is 2. The Bertz CT molecular complexity index is 1030. The molecule has 3 aromatic rings. The van der Waals surface area contributed by atoms with Crippen molar-refractivity contribution in [2.75, 3.05) is 11.9 Å². The van der Waals surface area contributed by atoms with Crippen molar-refractivity contribution in [1.29, 1.82) is 0 Å². The van der Waals surface area contributed by atoms with Crippen LogP contribution in [0.2, 0.25) is 0 Å². The lowest BCUT2D eigenvalue weighted by molar-refractivity contribution is -0.384. The maximum Gasteiger partial charge on any atom is 0.338 e. The Kier molecular flexibility index (Phi) is 5.93. The van der Waals surface area contributed by atoms with Crippen LogP contribution in [0.1, 0.15) is 21.5 Å². The SMILES string of the molecule is Cc1cc([N+](=O)[O-])ccc1NC(=O)COC(=O)c1ccc(Cn2cncn2)cc1. The molecule has 0 radical (unpaired) electrons. The van der Waals surface area contributed by atoms with E-state index in [1.807, 2.05) is 0 Å². The predicted octanol–water partition coefficient (Wildman–Crippen LogP) is 2.34. The van der Waals surface area contributed by atoms with Crippen molar-refractivity contribution in [3.05, 3.63) is 81.9 Å². The van der Waals surface area contributed by atoms with Gasteiger partial charge in [0.15, 0.2) is 6.61 Å². The van der Waals surface area contributed by atoms with Crippen LogP contribution < -0.4 is 5.32 Å². The number of nitro groups is 1. The van der Waals surface area contributed by atoms with E-state index in [2.05, 4.69) is 15.4 Å². The van der Waals surface area contributed by atoms with E-state index in [-0.39, 0.29) is 5.69 Å². The molecule has 1 heterocycles. The summed E-state index contributed by atoms with van der Waals surface area (Å²) in [6.07, 6.45) is 3.03. The molecule has 0 bridgehead atoms. The lowest BCUT2D eigenvalue weighted by Crippen LogP contribution is -2.21. The van der Waals surface area contributed by atoms with Crippen molar-refractivity contribution in [3.63, 3.8) is 0 Å². The topological polar surface area (TPSA) is 129 Å². The van der Waals surface area contributed by atoms with Gasteiger partial charge in [-0.2, -0.15) is 5.10 Å². The lowest BCUT2D eigenvalue weighted by atomic mass is 10.1. The summed E-state index contributed by atoms with van der Waals surface area (Å²) < 4.78 is 6.67. The number of ether oxygens (including phenoxy) is 1. The average Bonchev–Trinajstić information content (AvgIpc) is 3.21. The predicted molar refractivity (Wildman–Crippen MR) is 102 cm³/mol. The minimum atomic E-state index is -0.632. The van der Waals surface area contributed by atoms with Gasteiger partial charge in [0.1, 0.15) is 12.7 Å². The highest BCUT2D eigenvalue weighted by atomic mass is 16.6. The van der Waals surface area contributed by atoms with Crippen LogP contribution in [-0.4, -0.2) is 38.2 Å². The minimum Gasteiger partial charge on any atom is -0.452 e. The summed E-state index contributed by atoms with van der Waals surface area (Å²) in [5, 5.41) is 17.3. The largest absolute Gasteiger partial charge is 0.452 e. The number of amides is 1. The Morgan fingerprint density at radius 1 is 1.21 bits per heavy atom. The Morgan fingerprint density at radius 2 is 1.97 bits per heavy atom. The smallest absolute Gasteiger partial charge is 0.338 e. The van der Waals surface area contributed by atoms with E-state index in [9.17, 15) is 19.7 Å². The first-order valence-corrected chi connectivity index (χ1v) is 8.56. The van der Waals surface area contributed by atoms with Crippen LogP contribution in [0.25, 0.3) is 0 Å². The van der Waals surface area contributed by atoms with E-state index >= 15 is 0 Å². The van der Waals surface area contributed by atoms with Gasteiger partial charge >= 0.3 is 5.97 Å². The van der Waals surface area contributed by atoms with E-state index in [0.29, 0.717) is 23.4 Å². The number of nitro benzene ring substituents is 1. The molecule has 1 N–H and O–H groups in total. The van der Waals surface area contributed by atoms with Gasteiger partial charge in [0.25, 0.3) is 11.6 Å². The molecule has 1 amide bonds. The summed E-state index contributed by atoms with van der Waals surface area (Å²) in [4.78, 5) is 38.2. The van der Waals surface area contributed by atoms with Gasteiger partial charge in [-0.05, 0) is 36.2 Å². The maximum absolute atomic E-state index is 12.1. The Balaban J connectivity index is 1.52. The fourth-order valence-electron chi connectivity index (χ4n) is 2.55. The summed E-state index contributed by atoms with van der Waals surface area (Å²) in [5.74, 6) is -1.18. The van der Waals surface area contributed by atoms with Crippen LogP contribution in [0.5, 0.6) is 0 Å². The zero-order chi connectivity index (χ0) is 20.8. The van der Waals surface area contributed by atoms with Gasteiger partial charge in [0.2, 0.25) is 0 Å². The summed E-state index contributed by atoms with van der Waals surface area (Å²) in [6, 6.07) is 10.8. The number of aromatic nitrogens is 3. The van der Waals surface area contributed by atoms with E-state index < -0.39 is 23.4 Å². The zero-order valence-corrected chi connectivity index (χ0v) is 15.4.